The van der Waals surface area contributed by atoms with E-state index in [1.54, 1.807) is 0 Å². The highest BCUT2D eigenvalue weighted by Crippen LogP contribution is 2.27. The Kier molecular flexibility index (Phi) is 4.10. The van der Waals surface area contributed by atoms with Crippen LogP contribution in [-0.2, 0) is 4.79 Å². The van der Waals surface area contributed by atoms with Gasteiger partial charge in [0, 0.05) is 12.6 Å². The molecule has 2 heterocycles. The maximum absolute atomic E-state index is 13.0. The zero-order valence-electron chi connectivity index (χ0n) is 12.8. The van der Waals surface area contributed by atoms with Gasteiger partial charge in [-0.2, -0.15) is 0 Å². The van der Waals surface area contributed by atoms with Crippen LogP contribution in [0, 0.1) is 10.1 Å². The van der Waals surface area contributed by atoms with E-state index in [4.69, 9.17) is 0 Å². The molecule has 1 amide bonds. The fourth-order valence-electron chi connectivity index (χ4n) is 3.06. The van der Waals surface area contributed by atoms with E-state index >= 15 is 0 Å². The van der Waals surface area contributed by atoms with Crippen molar-refractivity contribution in [3.8, 4) is 0 Å². The summed E-state index contributed by atoms with van der Waals surface area (Å²) in [4.78, 5) is 29.0. The van der Waals surface area contributed by atoms with E-state index in [1.165, 1.54) is 17.1 Å². The predicted molar refractivity (Wildman–Crippen MR) is 83.9 cm³/mol. The maximum Gasteiger partial charge on any atom is 0.381 e. The van der Waals surface area contributed by atoms with Crippen LogP contribution in [0.5, 0.6) is 0 Å². The van der Waals surface area contributed by atoms with Gasteiger partial charge < -0.3 is 15.0 Å². The maximum atomic E-state index is 13.0. The molecule has 2 aromatic rings. The van der Waals surface area contributed by atoms with E-state index in [1.807, 2.05) is 42.2 Å². The molecule has 0 aliphatic carbocycles. The molecule has 120 valence electrons. The fraction of sp³-hybridized carbons (Fsp3) is 0.375. The van der Waals surface area contributed by atoms with Gasteiger partial charge in [0.1, 0.15) is 12.2 Å². The molecule has 7 nitrogen and oxygen atoms in total. The Hall–Kier alpha value is -2.70. The van der Waals surface area contributed by atoms with E-state index in [9.17, 15) is 14.9 Å². The van der Waals surface area contributed by atoms with Gasteiger partial charge >= 0.3 is 5.82 Å². The van der Waals surface area contributed by atoms with Gasteiger partial charge in [-0.3, -0.25) is 9.36 Å². The van der Waals surface area contributed by atoms with E-state index in [2.05, 4.69) is 4.98 Å². The molecule has 1 aliphatic heterocycles. The number of nitro groups is 1. The number of hydrogen-bond donors (Lipinski definition) is 0. The molecule has 0 bridgehead atoms. The summed E-state index contributed by atoms with van der Waals surface area (Å²) >= 11 is 0. The third-order valence-electron chi connectivity index (χ3n) is 4.26. The van der Waals surface area contributed by atoms with E-state index < -0.39 is 11.0 Å². The van der Waals surface area contributed by atoms with Crippen molar-refractivity contribution in [3.63, 3.8) is 0 Å². The number of carbonyl (C=O) groups is 1. The number of benzene rings is 1. The molecule has 0 radical (unpaired) electrons. The van der Waals surface area contributed by atoms with Crippen LogP contribution < -0.4 is 0 Å². The summed E-state index contributed by atoms with van der Waals surface area (Å²) in [5.74, 6) is -0.304. The number of hydrogen-bond acceptors (Lipinski definition) is 4. The Bertz CT molecular complexity index is 713. The molecular formula is C16H18N4O3. The number of imidazole rings is 1. The van der Waals surface area contributed by atoms with Crippen LogP contribution in [0.2, 0.25) is 0 Å². The molecular weight excluding hydrogens is 296 g/mol. The highest BCUT2D eigenvalue weighted by molar-refractivity contribution is 5.84. The topological polar surface area (TPSA) is 81.3 Å². The minimum absolute atomic E-state index is 0.0477. The van der Waals surface area contributed by atoms with E-state index in [0.717, 1.165) is 24.9 Å². The van der Waals surface area contributed by atoms with Gasteiger partial charge in [-0.1, -0.05) is 30.3 Å². The molecule has 1 fully saturated rings. The zero-order chi connectivity index (χ0) is 16.4. The van der Waals surface area contributed by atoms with Gasteiger partial charge in [-0.05, 0) is 35.2 Å². The molecule has 1 aromatic carbocycles. The summed E-state index contributed by atoms with van der Waals surface area (Å²) in [7, 11) is 0. The second kappa shape index (κ2) is 6.20. The minimum Gasteiger partial charge on any atom is -0.358 e. The summed E-state index contributed by atoms with van der Waals surface area (Å²) in [6.45, 7) is 2.75. The summed E-state index contributed by atoms with van der Waals surface area (Å²) in [5, 5.41) is 10.9. The smallest absolute Gasteiger partial charge is 0.358 e. The quantitative estimate of drug-likeness (QED) is 0.641. The first-order valence-electron chi connectivity index (χ1n) is 7.61. The lowest BCUT2D eigenvalue weighted by Crippen LogP contribution is -2.39. The summed E-state index contributed by atoms with van der Waals surface area (Å²) in [5.41, 5.74) is 0.795. The largest absolute Gasteiger partial charge is 0.381 e. The average Bonchev–Trinajstić information content (AvgIpc) is 3.18. The predicted octanol–water partition coefficient (Wildman–Crippen LogP) is 2.39. The van der Waals surface area contributed by atoms with E-state index in [-0.39, 0.29) is 17.8 Å². The van der Waals surface area contributed by atoms with Crippen LogP contribution in [0.3, 0.4) is 0 Å². The number of rotatable bonds is 4. The zero-order valence-corrected chi connectivity index (χ0v) is 12.8. The Morgan fingerprint density at radius 2 is 2.13 bits per heavy atom. The highest BCUT2D eigenvalue weighted by Gasteiger charge is 2.33. The Morgan fingerprint density at radius 3 is 2.70 bits per heavy atom. The van der Waals surface area contributed by atoms with Gasteiger partial charge in [-0.25, -0.2) is 0 Å². The van der Waals surface area contributed by atoms with Gasteiger partial charge in [0.15, 0.2) is 0 Å². The molecule has 7 heteroatoms. The van der Waals surface area contributed by atoms with Gasteiger partial charge in [0.25, 0.3) is 5.91 Å². The van der Waals surface area contributed by atoms with Crippen molar-refractivity contribution < 1.29 is 9.72 Å². The van der Waals surface area contributed by atoms with Crippen molar-refractivity contribution >= 4 is 11.7 Å². The number of carbonyl (C=O) groups excluding carboxylic acids is 1. The number of likely N-dealkylation sites (tertiary alicyclic amines) is 1. The molecule has 0 unspecified atom stereocenters. The highest BCUT2D eigenvalue weighted by atomic mass is 16.6. The molecule has 1 aromatic heterocycles. The molecule has 0 spiro atoms. The Balaban J connectivity index is 1.99. The van der Waals surface area contributed by atoms with Crippen molar-refractivity contribution in [2.45, 2.75) is 31.8 Å². The van der Waals surface area contributed by atoms with Crippen LogP contribution >= 0.6 is 0 Å². The average molecular weight is 314 g/mol. The van der Waals surface area contributed by atoms with Crippen LogP contribution in [0.25, 0.3) is 0 Å². The second-order valence-electron chi connectivity index (χ2n) is 5.77. The first-order valence-corrected chi connectivity index (χ1v) is 7.61. The molecule has 1 aliphatic rings. The van der Waals surface area contributed by atoms with Crippen molar-refractivity contribution in [2.75, 3.05) is 6.54 Å². The molecule has 23 heavy (non-hydrogen) atoms. The van der Waals surface area contributed by atoms with Crippen LogP contribution in [0.1, 0.15) is 31.4 Å². The van der Waals surface area contributed by atoms with Crippen molar-refractivity contribution in [1.29, 1.82) is 0 Å². The number of amides is 1. The molecule has 0 N–H and O–H groups in total. The Morgan fingerprint density at radius 1 is 1.39 bits per heavy atom. The van der Waals surface area contributed by atoms with Crippen molar-refractivity contribution in [1.82, 2.24) is 14.5 Å². The Labute approximate surface area is 133 Å². The molecule has 3 rings (SSSR count). The first kappa shape index (κ1) is 15.2. The normalized spacial score (nSPS) is 18.8. The number of nitrogens with zero attached hydrogens (tertiary/aromatic N) is 4. The monoisotopic (exact) mass is 314 g/mol. The summed E-state index contributed by atoms with van der Waals surface area (Å²) < 4.78 is 1.53. The number of aromatic nitrogens is 2. The van der Waals surface area contributed by atoms with Gasteiger partial charge in [0.2, 0.25) is 6.33 Å². The minimum atomic E-state index is -0.627. The van der Waals surface area contributed by atoms with E-state index in [0.29, 0.717) is 0 Å². The van der Waals surface area contributed by atoms with Gasteiger partial charge in [0.05, 0.1) is 0 Å². The van der Waals surface area contributed by atoms with Crippen LogP contribution in [0.15, 0.2) is 42.9 Å². The molecule has 2 atom stereocenters. The fourth-order valence-corrected chi connectivity index (χ4v) is 3.06. The second-order valence-corrected chi connectivity index (χ2v) is 5.77. The first-order chi connectivity index (χ1) is 11.1. The van der Waals surface area contributed by atoms with Crippen molar-refractivity contribution in [2.24, 2.45) is 0 Å². The van der Waals surface area contributed by atoms with Gasteiger partial charge in [-0.15, -0.1) is 0 Å². The summed E-state index contributed by atoms with van der Waals surface area (Å²) in [6, 6.07) is 8.86. The third-order valence-corrected chi connectivity index (χ3v) is 4.26. The standard InChI is InChI=1S/C16H18N4O3/c1-12-6-5-9-19(12)16(21)15(13-7-3-2-4-8-13)18-10-14(17-11-18)20(22)23/h2-4,7-8,10-12,15H,5-6,9H2,1H3/t12-,15+/m1/s1. The van der Waals surface area contributed by atoms with Crippen LogP contribution in [-0.4, -0.2) is 37.9 Å². The third kappa shape index (κ3) is 2.94. The lowest BCUT2D eigenvalue weighted by atomic mass is 10.0. The molecule has 0 saturated carbocycles. The lowest BCUT2D eigenvalue weighted by molar-refractivity contribution is -0.389. The van der Waals surface area contributed by atoms with Crippen LogP contribution in [0.4, 0.5) is 5.82 Å². The lowest BCUT2D eigenvalue weighted by Gasteiger charge is -2.27. The SMILES string of the molecule is C[C@@H]1CCCN1C(=O)[C@H](c1ccccc1)n1cnc([N+](=O)[O-])c1. The summed E-state index contributed by atoms with van der Waals surface area (Å²) in [6.07, 6.45) is 4.64. The van der Waals surface area contributed by atoms with Crippen molar-refractivity contribution in [3.05, 3.63) is 58.5 Å². The molecule has 1 saturated heterocycles.